The fourth-order valence-electron chi connectivity index (χ4n) is 3.45. The van der Waals surface area contributed by atoms with Crippen molar-refractivity contribution in [3.63, 3.8) is 0 Å². The van der Waals surface area contributed by atoms with E-state index in [-0.39, 0.29) is 13.0 Å². The minimum absolute atomic E-state index is 0.0123. The van der Waals surface area contributed by atoms with Gasteiger partial charge < -0.3 is 26.2 Å². The molecule has 0 fully saturated rings. The largest absolute Gasteiger partial charge is 0.453 e. The summed E-state index contributed by atoms with van der Waals surface area (Å²) in [5.41, 5.74) is 4.51. The fraction of sp³-hybridized carbons (Fsp3) is 0.522. The Morgan fingerprint density at radius 1 is 1.14 bits per heavy atom. The van der Waals surface area contributed by atoms with Gasteiger partial charge in [-0.05, 0) is 31.9 Å². The van der Waals surface area contributed by atoms with E-state index in [0.717, 1.165) is 25.6 Å². The molecule has 0 aliphatic rings. The van der Waals surface area contributed by atoms with Crippen LogP contribution in [0.25, 0.3) is 11.3 Å². The van der Waals surface area contributed by atoms with Crippen molar-refractivity contribution < 1.29 is 41.4 Å². The van der Waals surface area contributed by atoms with Gasteiger partial charge in [0.25, 0.3) is 6.43 Å². The number of aliphatic hydroxyl groups is 1. The Labute approximate surface area is 210 Å². The minimum Gasteiger partial charge on any atom is -0.453 e. The van der Waals surface area contributed by atoms with Crippen LogP contribution in [0.4, 0.5) is 26.7 Å². The lowest BCUT2D eigenvalue weighted by atomic mass is 9.82. The van der Waals surface area contributed by atoms with Crippen molar-refractivity contribution in [1.29, 1.82) is 0 Å². The predicted molar refractivity (Wildman–Crippen MR) is 124 cm³/mol. The van der Waals surface area contributed by atoms with Gasteiger partial charge >= 0.3 is 12.3 Å². The van der Waals surface area contributed by atoms with E-state index in [1.807, 2.05) is 5.32 Å². The number of halogens is 5. The maximum atomic E-state index is 13.7. The van der Waals surface area contributed by atoms with Crippen LogP contribution in [0.3, 0.4) is 0 Å². The highest BCUT2D eigenvalue weighted by Gasteiger charge is 2.55. The van der Waals surface area contributed by atoms with Crippen LogP contribution >= 0.6 is 0 Å². The molecule has 37 heavy (non-hydrogen) atoms. The van der Waals surface area contributed by atoms with Crippen molar-refractivity contribution in [2.75, 3.05) is 13.7 Å². The summed E-state index contributed by atoms with van der Waals surface area (Å²) >= 11 is 0. The minimum atomic E-state index is -4.86. The summed E-state index contributed by atoms with van der Waals surface area (Å²) < 4.78 is 71.6. The number of aromatic nitrogens is 2. The smallest absolute Gasteiger partial charge is 0.407 e. The van der Waals surface area contributed by atoms with Crippen molar-refractivity contribution >= 4 is 12.0 Å². The Morgan fingerprint density at radius 2 is 1.76 bits per heavy atom. The van der Waals surface area contributed by atoms with Crippen LogP contribution in [0.2, 0.25) is 0 Å². The third-order valence-corrected chi connectivity index (χ3v) is 5.87. The summed E-state index contributed by atoms with van der Waals surface area (Å²) in [6, 6.07) is 4.95. The third kappa shape index (κ3) is 7.86. The number of nitrogens with two attached hydrogens (primary N) is 1. The highest BCUT2D eigenvalue weighted by molar-refractivity contribution is 5.86. The monoisotopic (exact) mass is 535 g/mol. The standard InChI is InChI=1S/C23H30F5N5O4/c1-22(2,23(26,27)28)19(31-21(36)37-3)20(35)30-16(17(34)11-29)10-13-4-6-14(7-5-13)15-8-9-33(32-15)12-18(24)25/h4-9,16-19,34H,10-12,29H2,1-3H3,(H,30,35)(H,31,36)/t16-,17-,19+/m0/s1. The molecule has 0 radical (unpaired) electrons. The van der Waals surface area contributed by atoms with E-state index < -0.39 is 54.7 Å². The average Bonchev–Trinajstić information content (AvgIpc) is 3.28. The second kappa shape index (κ2) is 12.3. The van der Waals surface area contributed by atoms with E-state index in [9.17, 15) is 36.6 Å². The van der Waals surface area contributed by atoms with Crippen molar-refractivity contribution in [1.82, 2.24) is 20.4 Å². The normalized spacial score (nSPS) is 14.7. The molecule has 0 saturated carbocycles. The number of aliphatic hydroxyl groups excluding tert-OH is 1. The Bertz CT molecular complexity index is 1040. The summed E-state index contributed by atoms with van der Waals surface area (Å²) in [6.45, 7) is 0.654. The van der Waals surface area contributed by atoms with E-state index in [4.69, 9.17) is 5.73 Å². The number of ether oxygens (including phenoxy) is 1. The van der Waals surface area contributed by atoms with Crippen molar-refractivity contribution in [2.45, 2.75) is 57.6 Å². The summed E-state index contributed by atoms with van der Waals surface area (Å²) in [7, 11) is 0.943. The molecule has 1 aromatic heterocycles. The first kappa shape index (κ1) is 30.0. The lowest BCUT2D eigenvalue weighted by Gasteiger charge is -2.36. The van der Waals surface area contributed by atoms with Crippen LogP contribution in [0, 0.1) is 5.41 Å². The lowest BCUT2D eigenvalue weighted by Crippen LogP contribution is -2.62. The third-order valence-electron chi connectivity index (χ3n) is 5.87. The van der Waals surface area contributed by atoms with Crippen molar-refractivity contribution in [2.24, 2.45) is 11.1 Å². The molecule has 1 aromatic carbocycles. The summed E-state index contributed by atoms with van der Waals surface area (Å²) in [5, 5.41) is 18.7. The van der Waals surface area contributed by atoms with Gasteiger partial charge in [0, 0.05) is 18.3 Å². The van der Waals surface area contributed by atoms with Gasteiger partial charge in [0.1, 0.15) is 12.6 Å². The maximum Gasteiger partial charge on any atom is 0.407 e. The van der Waals surface area contributed by atoms with Gasteiger partial charge in [0.15, 0.2) is 0 Å². The number of benzene rings is 1. The zero-order valence-electron chi connectivity index (χ0n) is 20.4. The number of hydrogen-bond acceptors (Lipinski definition) is 6. The van der Waals surface area contributed by atoms with Crippen molar-refractivity contribution in [3.8, 4) is 11.3 Å². The quantitative estimate of drug-likeness (QED) is 0.327. The van der Waals surface area contributed by atoms with E-state index in [1.54, 1.807) is 30.3 Å². The van der Waals surface area contributed by atoms with Gasteiger partial charge in [0.2, 0.25) is 5.91 Å². The van der Waals surface area contributed by atoms with Gasteiger partial charge in [-0.15, -0.1) is 0 Å². The first-order valence-corrected chi connectivity index (χ1v) is 11.2. The van der Waals surface area contributed by atoms with Crippen LogP contribution in [0.1, 0.15) is 19.4 Å². The highest BCUT2D eigenvalue weighted by Crippen LogP contribution is 2.40. The number of hydrogen-bond donors (Lipinski definition) is 4. The molecule has 2 amide bonds. The molecule has 0 aliphatic carbocycles. The zero-order chi connectivity index (χ0) is 28.0. The number of methoxy groups -OCH3 is 1. The molecule has 3 atom stereocenters. The second-order valence-corrected chi connectivity index (χ2v) is 8.92. The first-order valence-electron chi connectivity index (χ1n) is 11.2. The summed E-state index contributed by atoms with van der Waals surface area (Å²) in [4.78, 5) is 24.6. The van der Waals surface area contributed by atoms with Crippen molar-refractivity contribution in [3.05, 3.63) is 42.1 Å². The van der Waals surface area contributed by atoms with E-state index >= 15 is 0 Å². The number of rotatable bonds is 11. The molecule has 206 valence electrons. The molecule has 5 N–H and O–H groups in total. The Kier molecular flexibility index (Phi) is 9.98. The Morgan fingerprint density at radius 3 is 2.27 bits per heavy atom. The molecule has 9 nitrogen and oxygen atoms in total. The molecule has 0 spiro atoms. The molecule has 14 heteroatoms. The number of alkyl carbamates (subject to hydrolysis) is 1. The first-order chi connectivity index (χ1) is 17.2. The zero-order valence-corrected chi connectivity index (χ0v) is 20.4. The van der Waals surface area contributed by atoms with E-state index in [2.05, 4.69) is 15.2 Å². The van der Waals surface area contributed by atoms with Gasteiger partial charge in [-0.25, -0.2) is 13.6 Å². The number of amides is 2. The second-order valence-electron chi connectivity index (χ2n) is 8.92. The SMILES string of the molecule is COC(=O)N[C@H](C(=O)N[C@@H](Cc1ccc(-c2ccn(CC(F)F)n2)cc1)[C@@H](O)CN)C(C)(C)C(F)(F)F. The molecule has 0 saturated heterocycles. The number of alkyl halides is 5. The molecule has 1 heterocycles. The number of nitrogens with one attached hydrogen (secondary N) is 2. The highest BCUT2D eigenvalue weighted by atomic mass is 19.4. The fourth-order valence-corrected chi connectivity index (χ4v) is 3.45. The average molecular weight is 536 g/mol. The van der Waals surface area contributed by atoms with Crippen LogP contribution < -0.4 is 16.4 Å². The Balaban J connectivity index is 2.22. The van der Waals surface area contributed by atoms with Gasteiger partial charge in [0.05, 0.1) is 30.4 Å². The molecule has 0 unspecified atom stereocenters. The van der Waals surface area contributed by atoms with E-state index in [1.165, 1.54) is 6.20 Å². The van der Waals surface area contributed by atoms with E-state index in [0.29, 0.717) is 16.8 Å². The van der Waals surface area contributed by atoms with Gasteiger partial charge in [-0.1, -0.05) is 24.3 Å². The summed E-state index contributed by atoms with van der Waals surface area (Å²) in [6.07, 6.45) is -8.57. The molecule has 2 rings (SSSR count). The maximum absolute atomic E-state index is 13.7. The topological polar surface area (TPSA) is 132 Å². The molecule has 0 aliphatic heterocycles. The lowest BCUT2D eigenvalue weighted by molar-refractivity contribution is -0.220. The van der Waals surface area contributed by atoms with Gasteiger partial charge in [-0.2, -0.15) is 18.3 Å². The van der Waals surface area contributed by atoms with Crippen LogP contribution in [0.5, 0.6) is 0 Å². The predicted octanol–water partition coefficient (Wildman–Crippen LogP) is 2.48. The molecule has 0 bridgehead atoms. The Hall–Kier alpha value is -3.26. The van der Waals surface area contributed by atoms with Crippen LogP contribution in [-0.2, 0) is 22.5 Å². The number of carbonyl (C=O) groups excluding carboxylic acids is 2. The number of nitrogens with zero attached hydrogens (tertiary/aromatic N) is 2. The summed E-state index contributed by atoms with van der Waals surface area (Å²) in [5.74, 6) is -1.19. The molecule has 2 aromatic rings. The van der Waals surface area contributed by atoms with Crippen LogP contribution in [0.15, 0.2) is 36.5 Å². The molecular formula is C23H30F5N5O4. The number of carbonyl (C=O) groups is 2. The molecular weight excluding hydrogens is 505 g/mol. The van der Waals surface area contributed by atoms with Gasteiger partial charge in [-0.3, -0.25) is 9.48 Å². The van der Waals surface area contributed by atoms with Crippen LogP contribution in [-0.4, -0.2) is 71.3 Å².